The van der Waals surface area contributed by atoms with Gasteiger partial charge in [-0.2, -0.15) is 0 Å². The molecule has 1 N–H and O–H groups in total. The number of carbonyl (C=O) groups is 1. The van der Waals surface area contributed by atoms with Crippen molar-refractivity contribution in [1.82, 2.24) is 14.9 Å². The lowest BCUT2D eigenvalue weighted by Crippen LogP contribution is -2.28. The average Bonchev–Trinajstić information content (AvgIpc) is 3.08. The minimum absolute atomic E-state index is 0.0959. The van der Waals surface area contributed by atoms with Gasteiger partial charge < -0.3 is 9.88 Å². The van der Waals surface area contributed by atoms with Gasteiger partial charge >= 0.3 is 0 Å². The van der Waals surface area contributed by atoms with E-state index < -0.39 is 0 Å². The lowest BCUT2D eigenvalue weighted by Gasteiger charge is -2.16. The minimum Gasteiger partial charge on any atom is -0.342 e. The molecule has 0 aliphatic carbocycles. The van der Waals surface area contributed by atoms with E-state index in [-0.39, 0.29) is 11.9 Å². The molecule has 0 bridgehead atoms. The monoisotopic (exact) mass is 355 g/mol. The van der Waals surface area contributed by atoms with E-state index in [1.165, 1.54) is 5.56 Å². The molecule has 4 aromatic rings. The van der Waals surface area contributed by atoms with E-state index in [2.05, 4.69) is 28.1 Å². The standard InChI is InChI=1S/C23H21N3O/c1-17(24-23(27)19-12-6-3-7-13-19)22-25-20-14-8-9-15-21(20)26(22)16-18-10-4-2-5-11-18/h2-15,17H,16H2,1H3,(H,24,27)/t17-/m0/s1. The van der Waals surface area contributed by atoms with Gasteiger partial charge in [0.05, 0.1) is 17.1 Å². The molecule has 1 heterocycles. The number of nitrogens with one attached hydrogen (secondary N) is 1. The number of amides is 1. The zero-order chi connectivity index (χ0) is 18.6. The molecule has 3 aromatic carbocycles. The van der Waals surface area contributed by atoms with E-state index in [4.69, 9.17) is 4.98 Å². The van der Waals surface area contributed by atoms with Crippen molar-refractivity contribution in [2.24, 2.45) is 0 Å². The van der Waals surface area contributed by atoms with Crippen LogP contribution < -0.4 is 5.32 Å². The highest BCUT2D eigenvalue weighted by Gasteiger charge is 2.19. The van der Waals surface area contributed by atoms with Gasteiger partial charge in [0, 0.05) is 12.1 Å². The third-order valence-corrected chi connectivity index (χ3v) is 4.64. The molecular formula is C23H21N3O. The first kappa shape index (κ1) is 17.0. The van der Waals surface area contributed by atoms with Crippen molar-refractivity contribution in [3.8, 4) is 0 Å². The largest absolute Gasteiger partial charge is 0.342 e. The summed E-state index contributed by atoms with van der Waals surface area (Å²) < 4.78 is 2.18. The van der Waals surface area contributed by atoms with Crippen LogP contribution in [0.15, 0.2) is 84.9 Å². The van der Waals surface area contributed by atoms with Crippen molar-refractivity contribution in [2.75, 3.05) is 0 Å². The first-order valence-corrected chi connectivity index (χ1v) is 9.07. The molecule has 4 heteroatoms. The summed E-state index contributed by atoms with van der Waals surface area (Å²) in [6.07, 6.45) is 0. The van der Waals surface area contributed by atoms with E-state index >= 15 is 0 Å². The Labute approximate surface area is 158 Å². The highest BCUT2D eigenvalue weighted by molar-refractivity contribution is 5.94. The molecular weight excluding hydrogens is 334 g/mol. The molecule has 4 nitrogen and oxygen atoms in total. The van der Waals surface area contributed by atoms with Crippen LogP contribution in [-0.2, 0) is 6.54 Å². The highest BCUT2D eigenvalue weighted by atomic mass is 16.1. The molecule has 1 aromatic heterocycles. The molecule has 0 aliphatic heterocycles. The molecule has 1 atom stereocenters. The molecule has 0 saturated carbocycles. The van der Waals surface area contributed by atoms with Crippen molar-refractivity contribution in [3.63, 3.8) is 0 Å². The molecule has 0 radical (unpaired) electrons. The number of para-hydroxylation sites is 2. The zero-order valence-corrected chi connectivity index (χ0v) is 15.2. The molecule has 4 rings (SSSR count). The van der Waals surface area contributed by atoms with Gasteiger partial charge in [-0.1, -0.05) is 60.7 Å². The number of fused-ring (bicyclic) bond motifs is 1. The quantitative estimate of drug-likeness (QED) is 0.570. The molecule has 1 amide bonds. The maximum atomic E-state index is 12.6. The molecule has 0 spiro atoms. The van der Waals surface area contributed by atoms with Crippen LogP contribution >= 0.6 is 0 Å². The third-order valence-electron chi connectivity index (χ3n) is 4.64. The van der Waals surface area contributed by atoms with Gasteiger partial charge in [0.2, 0.25) is 0 Å². The third kappa shape index (κ3) is 3.60. The van der Waals surface area contributed by atoms with Crippen LogP contribution in [0.4, 0.5) is 0 Å². The first-order chi connectivity index (χ1) is 13.2. The maximum Gasteiger partial charge on any atom is 0.251 e. The lowest BCUT2D eigenvalue weighted by atomic mass is 10.2. The average molecular weight is 355 g/mol. The van der Waals surface area contributed by atoms with Crippen LogP contribution in [-0.4, -0.2) is 15.5 Å². The van der Waals surface area contributed by atoms with Gasteiger partial charge in [0.25, 0.3) is 5.91 Å². The topological polar surface area (TPSA) is 46.9 Å². The predicted molar refractivity (Wildman–Crippen MR) is 108 cm³/mol. The molecule has 0 unspecified atom stereocenters. The number of hydrogen-bond donors (Lipinski definition) is 1. The summed E-state index contributed by atoms with van der Waals surface area (Å²) in [5.74, 6) is 0.755. The van der Waals surface area contributed by atoms with Gasteiger partial charge in [-0.05, 0) is 36.8 Å². The minimum atomic E-state index is -0.214. The first-order valence-electron chi connectivity index (χ1n) is 9.07. The van der Waals surface area contributed by atoms with E-state index in [0.717, 1.165) is 16.9 Å². The van der Waals surface area contributed by atoms with Gasteiger partial charge in [-0.15, -0.1) is 0 Å². The zero-order valence-electron chi connectivity index (χ0n) is 15.2. The van der Waals surface area contributed by atoms with Crippen LogP contribution in [0, 0.1) is 0 Å². The van der Waals surface area contributed by atoms with Crippen LogP contribution in [0.5, 0.6) is 0 Å². The maximum absolute atomic E-state index is 12.6. The number of benzene rings is 3. The number of imidazole rings is 1. The van der Waals surface area contributed by atoms with Gasteiger partial charge in [0.15, 0.2) is 0 Å². The smallest absolute Gasteiger partial charge is 0.251 e. The summed E-state index contributed by atoms with van der Waals surface area (Å²) in [7, 11) is 0. The Morgan fingerprint density at radius 1 is 0.926 bits per heavy atom. The second-order valence-electron chi connectivity index (χ2n) is 6.59. The molecule has 0 aliphatic rings. The van der Waals surface area contributed by atoms with Crippen molar-refractivity contribution in [2.45, 2.75) is 19.5 Å². The van der Waals surface area contributed by atoms with Crippen LogP contribution in [0.1, 0.15) is 34.7 Å². The predicted octanol–water partition coefficient (Wildman–Crippen LogP) is 4.58. The number of hydrogen-bond acceptors (Lipinski definition) is 2. The van der Waals surface area contributed by atoms with E-state index in [0.29, 0.717) is 12.1 Å². The molecule has 0 saturated heterocycles. The summed E-state index contributed by atoms with van der Waals surface area (Å²) in [5, 5.41) is 3.08. The van der Waals surface area contributed by atoms with Crippen molar-refractivity contribution >= 4 is 16.9 Å². The Bertz CT molecular complexity index is 1050. The van der Waals surface area contributed by atoms with Gasteiger partial charge in [-0.3, -0.25) is 4.79 Å². The Morgan fingerprint density at radius 2 is 1.56 bits per heavy atom. The van der Waals surface area contributed by atoms with Crippen molar-refractivity contribution in [3.05, 3.63) is 102 Å². The van der Waals surface area contributed by atoms with Crippen LogP contribution in [0.25, 0.3) is 11.0 Å². The van der Waals surface area contributed by atoms with Gasteiger partial charge in [0.1, 0.15) is 5.82 Å². The number of carbonyl (C=O) groups excluding carboxylic acids is 1. The molecule has 0 fully saturated rings. The normalized spacial score (nSPS) is 12.0. The van der Waals surface area contributed by atoms with Crippen molar-refractivity contribution < 1.29 is 4.79 Å². The second-order valence-corrected chi connectivity index (χ2v) is 6.59. The van der Waals surface area contributed by atoms with Crippen LogP contribution in [0.3, 0.4) is 0 Å². The Hall–Kier alpha value is -3.40. The summed E-state index contributed by atoms with van der Waals surface area (Å²) in [6.45, 7) is 2.69. The SMILES string of the molecule is C[C@H](NC(=O)c1ccccc1)c1nc2ccccc2n1Cc1ccccc1. The van der Waals surface area contributed by atoms with Gasteiger partial charge in [-0.25, -0.2) is 4.98 Å². The lowest BCUT2D eigenvalue weighted by molar-refractivity contribution is 0.0938. The molecule has 27 heavy (non-hydrogen) atoms. The Balaban J connectivity index is 1.68. The summed E-state index contributed by atoms with van der Waals surface area (Å²) in [5.41, 5.74) is 3.85. The fourth-order valence-corrected chi connectivity index (χ4v) is 3.29. The number of rotatable bonds is 5. The van der Waals surface area contributed by atoms with E-state index in [1.54, 1.807) is 0 Å². The molecule has 134 valence electrons. The van der Waals surface area contributed by atoms with E-state index in [1.807, 2.05) is 73.7 Å². The summed E-state index contributed by atoms with van der Waals surface area (Å²) in [6, 6.07) is 27.4. The number of aromatic nitrogens is 2. The summed E-state index contributed by atoms with van der Waals surface area (Å²) in [4.78, 5) is 17.4. The fraction of sp³-hybridized carbons (Fsp3) is 0.130. The highest BCUT2D eigenvalue weighted by Crippen LogP contribution is 2.22. The Morgan fingerprint density at radius 3 is 2.30 bits per heavy atom. The van der Waals surface area contributed by atoms with Crippen molar-refractivity contribution in [1.29, 1.82) is 0 Å². The summed E-state index contributed by atoms with van der Waals surface area (Å²) >= 11 is 0. The Kier molecular flexibility index (Phi) is 4.71. The number of nitrogens with zero attached hydrogens (tertiary/aromatic N) is 2. The van der Waals surface area contributed by atoms with Crippen LogP contribution in [0.2, 0.25) is 0 Å². The second kappa shape index (κ2) is 7.46. The van der Waals surface area contributed by atoms with E-state index in [9.17, 15) is 4.79 Å². The fourth-order valence-electron chi connectivity index (χ4n) is 3.29.